The molecule has 2 aromatic carbocycles. The Kier molecular flexibility index (Phi) is 6.69. The van der Waals surface area contributed by atoms with Gasteiger partial charge in [0.05, 0.1) is 16.2 Å². The molecule has 2 aromatic rings. The smallest absolute Gasteiger partial charge is 0.340 e. The lowest BCUT2D eigenvalue weighted by Gasteiger charge is -2.14. The first-order chi connectivity index (χ1) is 13.2. The fraction of sp³-hybridized carbons (Fsp3) is 0.250. The minimum Gasteiger partial charge on any atom is -0.451 e. The Bertz CT molecular complexity index is 996. The molecule has 0 radical (unpaired) electrons. The monoisotopic (exact) mass is 403 g/mol. The summed E-state index contributed by atoms with van der Waals surface area (Å²) in [5.41, 5.74) is 0.723. The van der Waals surface area contributed by atoms with Crippen molar-refractivity contribution in [1.82, 2.24) is 0 Å². The molecule has 1 atom stereocenters. The largest absolute Gasteiger partial charge is 0.451 e. The van der Waals surface area contributed by atoms with E-state index in [1.165, 1.54) is 57.2 Å². The summed E-state index contributed by atoms with van der Waals surface area (Å²) in [4.78, 5) is 35.9. The van der Waals surface area contributed by atoms with Crippen molar-refractivity contribution in [3.05, 3.63) is 59.7 Å². The number of ketones is 1. The summed E-state index contributed by atoms with van der Waals surface area (Å²) in [5, 5.41) is 2.59. The topological polar surface area (TPSA) is 107 Å². The molecule has 0 aliphatic rings. The van der Waals surface area contributed by atoms with Crippen LogP contribution in [0.2, 0.25) is 0 Å². The van der Waals surface area contributed by atoms with Gasteiger partial charge in [0.25, 0.3) is 0 Å². The fourth-order valence-electron chi connectivity index (χ4n) is 2.50. The Morgan fingerprint density at radius 1 is 1.04 bits per heavy atom. The number of esters is 1. The molecule has 0 bridgehead atoms. The number of Topliss-reactive ketones (excluding diaryl/α,β-unsaturated/α-hetero) is 1. The lowest BCUT2D eigenvalue weighted by Crippen LogP contribution is -2.25. The number of carbonyl (C=O) groups is 3. The Hall–Kier alpha value is -3.00. The number of hydrogen-bond donors (Lipinski definition) is 1. The molecule has 28 heavy (non-hydrogen) atoms. The molecule has 0 aromatic heterocycles. The van der Waals surface area contributed by atoms with Gasteiger partial charge in [0, 0.05) is 18.2 Å². The number of sulfone groups is 1. The van der Waals surface area contributed by atoms with Crippen LogP contribution in [0, 0.1) is 0 Å². The van der Waals surface area contributed by atoms with E-state index in [2.05, 4.69) is 5.32 Å². The van der Waals surface area contributed by atoms with Gasteiger partial charge in [-0.05, 0) is 43.3 Å². The number of carbonyl (C=O) groups excluding carboxylic acids is 3. The first-order valence-electron chi connectivity index (χ1n) is 8.60. The molecule has 0 saturated heterocycles. The van der Waals surface area contributed by atoms with Crippen molar-refractivity contribution in [3.8, 4) is 0 Å². The second kappa shape index (κ2) is 8.79. The van der Waals surface area contributed by atoms with Crippen LogP contribution in [0.1, 0.15) is 41.5 Å². The Balaban J connectivity index is 2.17. The molecule has 1 N–H and O–H groups in total. The van der Waals surface area contributed by atoms with Crippen molar-refractivity contribution < 1.29 is 27.5 Å². The van der Waals surface area contributed by atoms with Crippen molar-refractivity contribution >= 4 is 33.2 Å². The van der Waals surface area contributed by atoms with Crippen LogP contribution in [0.25, 0.3) is 0 Å². The zero-order chi connectivity index (χ0) is 20.9. The van der Waals surface area contributed by atoms with Crippen LogP contribution >= 0.6 is 0 Å². The summed E-state index contributed by atoms with van der Waals surface area (Å²) < 4.78 is 29.5. The van der Waals surface area contributed by atoms with Crippen LogP contribution in [-0.4, -0.2) is 37.9 Å². The maximum Gasteiger partial charge on any atom is 0.340 e. The van der Waals surface area contributed by atoms with Crippen molar-refractivity contribution in [3.63, 3.8) is 0 Å². The number of hydrogen-bond acceptors (Lipinski definition) is 6. The Labute approximate surface area is 163 Å². The molecule has 0 saturated carbocycles. The van der Waals surface area contributed by atoms with E-state index >= 15 is 0 Å². The number of anilines is 1. The van der Waals surface area contributed by atoms with E-state index in [1.54, 1.807) is 12.1 Å². The lowest BCUT2D eigenvalue weighted by atomic mass is 10.1. The first-order valence-corrected chi connectivity index (χ1v) is 10.3. The second-order valence-corrected chi connectivity index (χ2v) is 8.32. The molecule has 1 amide bonds. The minimum atomic E-state index is -3.62. The van der Waals surface area contributed by atoms with E-state index in [0.29, 0.717) is 11.3 Å². The molecule has 0 heterocycles. The maximum absolute atomic E-state index is 12.5. The van der Waals surface area contributed by atoms with Gasteiger partial charge in [-0.1, -0.05) is 19.1 Å². The third-order valence-electron chi connectivity index (χ3n) is 3.96. The van der Waals surface area contributed by atoms with Gasteiger partial charge in [-0.15, -0.1) is 0 Å². The Morgan fingerprint density at radius 3 is 2.21 bits per heavy atom. The summed E-state index contributed by atoms with van der Waals surface area (Å²) >= 11 is 0. The second-order valence-electron chi connectivity index (χ2n) is 6.07. The summed E-state index contributed by atoms with van der Waals surface area (Å²) in [7, 11) is -3.62. The number of amides is 1. The van der Waals surface area contributed by atoms with Crippen LogP contribution in [0.5, 0.6) is 0 Å². The molecule has 0 aliphatic heterocycles. The molecule has 148 valence electrons. The first kappa shape index (κ1) is 21.3. The molecule has 8 heteroatoms. The van der Waals surface area contributed by atoms with Gasteiger partial charge in [-0.2, -0.15) is 0 Å². The van der Waals surface area contributed by atoms with E-state index in [1.807, 2.05) is 0 Å². The standard InChI is InChI=1S/C20H21NO6S/c1-4-28(25,26)18-8-6-5-7-17(18)20(24)27-13(2)19(23)15-9-11-16(12-10-15)21-14(3)22/h5-13H,4H2,1-3H3,(H,21,22). The van der Waals surface area contributed by atoms with Gasteiger partial charge in [-0.25, -0.2) is 13.2 Å². The molecular formula is C20H21NO6S. The third-order valence-corrected chi connectivity index (χ3v) is 5.75. The average molecular weight is 403 g/mol. The van der Waals surface area contributed by atoms with E-state index < -0.39 is 27.7 Å². The van der Waals surface area contributed by atoms with Gasteiger partial charge < -0.3 is 10.1 Å². The van der Waals surface area contributed by atoms with Crippen molar-refractivity contribution in [2.45, 2.75) is 31.8 Å². The van der Waals surface area contributed by atoms with E-state index in [0.717, 1.165) is 0 Å². The molecule has 1 unspecified atom stereocenters. The SMILES string of the molecule is CCS(=O)(=O)c1ccccc1C(=O)OC(C)C(=O)c1ccc(NC(C)=O)cc1. The van der Waals surface area contributed by atoms with Gasteiger partial charge >= 0.3 is 5.97 Å². The van der Waals surface area contributed by atoms with E-state index in [-0.39, 0.29) is 22.1 Å². The quantitative estimate of drug-likeness (QED) is 0.563. The molecular weight excluding hydrogens is 382 g/mol. The van der Waals surface area contributed by atoms with Crippen LogP contribution < -0.4 is 5.32 Å². The van der Waals surface area contributed by atoms with Crippen molar-refractivity contribution in [1.29, 1.82) is 0 Å². The van der Waals surface area contributed by atoms with Crippen LogP contribution in [0.4, 0.5) is 5.69 Å². The predicted molar refractivity (Wildman–Crippen MR) is 104 cm³/mol. The van der Waals surface area contributed by atoms with E-state index in [9.17, 15) is 22.8 Å². The van der Waals surface area contributed by atoms with Crippen molar-refractivity contribution in [2.75, 3.05) is 11.1 Å². The zero-order valence-corrected chi connectivity index (χ0v) is 16.6. The zero-order valence-electron chi connectivity index (χ0n) is 15.8. The maximum atomic E-state index is 12.5. The van der Waals surface area contributed by atoms with Gasteiger partial charge in [-0.3, -0.25) is 9.59 Å². The normalized spacial score (nSPS) is 12.1. The molecule has 2 rings (SSSR count). The predicted octanol–water partition coefficient (Wildman–Crippen LogP) is 2.87. The summed E-state index contributed by atoms with van der Waals surface area (Å²) in [5.74, 6) is -1.73. The van der Waals surface area contributed by atoms with Crippen LogP contribution in [0.15, 0.2) is 53.4 Å². The van der Waals surface area contributed by atoms with Gasteiger partial charge in [0.15, 0.2) is 15.9 Å². The minimum absolute atomic E-state index is 0.106. The summed E-state index contributed by atoms with van der Waals surface area (Å²) in [6, 6.07) is 11.9. The van der Waals surface area contributed by atoms with Gasteiger partial charge in [0.2, 0.25) is 11.7 Å². The highest BCUT2D eigenvalue weighted by Gasteiger charge is 2.25. The average Bonchev–Trinajstić information content (AvgIpc) is 2.67. The van der Waals surface area contributed by atoms with Crippen LogP contribution in [0.3, 0.4) is 0 Å². The number of nitrogens with one attached hydrogen (secondary N) is 1. The molecule has 0 spiro atoms. The van der Waals surface area contributed by atoms with Gasteiger partial charge in [0.1, 0.15) is 0 Å². The highest BCUT2D eigenvalue weighted by Crippen LogP contribution is 2.19. The molecule has 0 fully saturated rings. The van der Waals surface area contributed by atoms with E-state index in [4.69, 9.17) is 4.74 Å². The van der Waals surface area contributed by atoms with Crippen LogP contribution in [-0.2, 0) is 19.4 Å². The third kappa shape index (κ3) is 5.04. The van der Waals surface area contributed by atoms with Crippen molar-refractivity contribution in [2.24, 2.45) is 0 Å². The lowest BCUT2D eigenvalue weighted by molar-refractivity contribution is -0.114. The number of rotatable bonds is 7. The summed E-state index contributed by atoms with van der Waals surface area (Å²) in [6.45, 7) is 4.27. The number of benzene rings is 2. The number of ether oxygens (including phenoxy) is 1. The summed E-state index contributed by atoms with van der Waals surface area (Å²) in [6.07, 6.45) is -1.11. The highest BCUT2D eigenvalue weighted by molar-refractivity contribution is 7.91. The Morgan fingerprint density at radius 2 is 1.64 bits per heavy atom. The fourth-order valence-corrected chi connectivity index (χ4v) is 3.58. The highest BCUT2D eigenvalue weighted by atomic mass is 32.2. The molecule has 0 aliphatic carbocycles. The molecule has 7 nitrogen and oxygen atoms in total.